The highest BCUT2D eigenvalue weighted by Crippen LogP contribution is 2.37. The number of phenols is 1. The molecule has 9 heteroatoms. The van der Waals surface area contributed by atoms with Crippen LogP contribution in [0.3, 0.4) is 0 Å². The van der Waals surface area contributed by atoms with E-state index in [0.29, 0.717) is 25.3 Å². The minimum absolute atomic E-state index is 0.0155. The third-order valence-electron chi connectivity index (χ3n) is 7.27. The largest absolute Gasteiger partial charge is 0.504 e. The number of phenolic OH excluding ortho intramolecular Hbond substituents is 1. The van der Waals surface area contributed by atoms with Crippen molar-refractivity contribution in [3.05, 3.63) is 53.6 Å². The third kappa shape index (κ3) is 5.27. The number of rotatable bonds is 10. The number of ether oxygens (including phenoxy) is 3. The maximum absolute atomic E-state index is 13.8. The highest BCUT2D eigenvalue weighted by atomic mass is 16.5. The zero-order chi connectivity index (χ0) is 25.7. The predicted octanol–water partition coefficient (Wildman–Crippen LogP) is 2.80. The smallest absolute Gasteiger partial charge is 0.325 e. The molecule has 9 nitrogen and oxygen atoms in total. The fraction of sp³-hybridized carbons (Fsp3) is 0.481. The topological polar surface area (TPSA) is 101 Å². The van der Waals surface area contributed by atoms with Gasteiger partial charge in [-0.25, -0.2) is 4.79 Å². The number of nitrogens with one attached hydrogen (secondary N) is 1. The number of nitrogens with zero attached hydrogens (tertiary/aromatic N) is 2. The van der Waals surface area contributed by atoms with Gasteiger partial charge in [0.25, 0.3) is 5.91 Å². The van der Waals surface area contributed by atoms with Crippen LogP contribution in [-0.4, -0.2) is 80.0 Å². The quantitative estimate of drug-likeness (QED) is 0.487. The van der Waals surface area contributed by atoms with Crippen LogP contribution in [0.15, 0.2) is 42.5 Å². The van der Waals surface area contributed by atoms with Crippen molar-refractivity contribution in [1.82, 2.24) is 15.1 Å². The van der Waals surface area contributed by atoms with E-state index in [1.54, 1.807) is 20.3 Å². The Bertz CT molecular complexity index is 1080. The second-order valence-corrected chi connectivity index (χ2v) is 9.44. The number of benzene rings is 2. The molecular formula is C27H35N3O6. The van der Waals surface area contributed by atoms with Gasteiger partial charge in [0.05, 0.1) is 27.4 Å². The monoisotopic (exact) mass is 497 g/mol. The molecule has 1 atom stereocenters. The van der Waals surface area contributed by atoms with Gasteiger partial charge in [0.1, 0.15) is 11.3 Å². The van der Waals surface area contributed by atoms with E-state index in [1.165, 1.54) is 12.0 Å². The molecule has 2 aromatic rings. The Kier molecular flexibility index (Phi) is 8.01. The van der Waals surface area contributed by atoms with Crippen LogP contribution in [0.2, 0.25) is 0 Å². The van der Waals surface area contributed by atoms with Crippen molar-refractivity contribution >= 4 is 11.9 Å². The molecule has 0 bridgehead atoms. The second-order valence-electron chi connectivity index (χ2n) is 9.44. The lowest BCUT2D eigenvalue weighted by molar-refractivity contribution is -0.134. The Morgan fingerprint density at radius 2 is 1.81 bits per heavy atom. The summed E-state index contributed by atoms with van der Waals surface area (Å²) in [4.78, 5) is 30.3. The van der Waals surface area contributed by atoms with Crippen molar-refractivity contribution in [2.75, 3.05) is 47.6 Å². The minimum Gasteiger partial charge on any atom is -0.504 e. The maximum Gasteiger partial charge on any atom is 0.325 e. The van der Waals surface area contributed by atoms with E-state index in [9.17, 15) is 14.7 Å². The Morgan fingerprint density at radius 3 is 2.50 bits per heavy atom. The van der Waals surface area contributed by atoms with Gasteiger partial charge < -0.3 is 24.6 Å². The minimum atomic E-state index is -1.01. The molecule has 0 radical (unpaired) electrons. The number of urea groups is 1. The first-order chi connectivity index (χ1) is 17.4. The van der Waals surface area contributed by atoms with E-state index < -0.39 is 5.54 Å². The molecule has 3 amide bonds. The maximum atomic E-state index is 13.8. The molecule has 2 fully saturated rings. The van der Waals surface area contributed by atoms with Gasteiger partial charge in [-0.2, -0.15) is 0 Å². The summed E-state index contributed by atoms with van der Waals surface area (Å²) in [7, 11) is 4.71. The van der Waals surface area contributed by atoms with Gasteiger partial charge in [0.15, 0.2) is 11.5 Å². The first-order valence-electron chi connectivity index (χ1n) is 12.2. The fourth-order valence-electron chi connectivity index (χ4n) is 5.34. The summed E-state index contributed by atoms with van der Waals surface area (Å²) >= 11 is 0. The summed E-state index contributed by atoms with van der Waals surface area (Å²) in [5.74, 6) is 1.09. The molecule has 0 spiro atoms. The van der Waals surface area contributed by atoms with Crippen LogP contribution >= 0.6 is 0 Å². The van der Waals surface area contributed by atoms with Gasteiger partial charge >= 0.3 is 6.03 Å². The summed E-state index contributed by atoms with van der Waals surface area (Å²) in [5.41, 5.74) is 0.978. The Morgan fingerprint density at radius 1 is 1.03 bits per heavy atom. The van der Waals surface area contributed by atoms with E-state index in [2.05, 4.69) is 10.2 Å². The number of amides is 3. The van der Waals surface area contributed by atoms with Gasteiger partial charge in [-0.1, -0.05) is 18.2 Å². The van der Waals surface area contributed by atoms with Gasteiger partial charge in [-0.3, -0.25) is 14.6 Å². The molecule has 194 valence electrons. The number of hydrogen-bond acceptors (Lipinski definition) is 7. The first-order valence-corrected chi connectivity index (χ1v) is 12.2. The Balaban J connectivity index is 1.52. The molecule has 2 aliphatic rings. The third-order valence-corrected chi connectivity index (χ3v) is 7.27. The van der Waals surface area contributed by atoms with Crippen molar-refractivity contribution in [3.63, 3.8) is 0 Å². The van der Waals surface area contributed by atoms with Crippen LogP contribution in [0.5, 0.6) is 17.2 Å². The fourth-order valence-corrected chi connectivity index (χ4v) is 5.34. The van der Waals surface area contributed by atoms with Crippen molar-refractivity contribution in [2.45, 2.75) is 31.3 Å². The highest BCUT2D eigenvalue weighted by Gasteiger charge is 2.55. The van der Waals surface area contributed by atoms with Crippen molar-refractivity contribution < 1.29 is 28.9 Å². The van der Waals surface area contributed by atoms with Crippen LogP contribution < -0.4 is 14.8 Å². The standard InChI is InChI=1S/C27H35N3O6/c1-34-14-13-30-25(32)27(28-26(30)33,17-19-5-4-6-22(15-19)35-2)21-9-11-29(12-10-21)18-20-7-8-23(31)24(16-20)36-3/h4-8,15-16,21,31H,9-14,17-18H2,1-3H3,(H,28,33). The van der Waals surface area contributed by atoms with Crippen LogP contribution in [0.25, 0.3) is 0 Å². The average Bonchev–Trinajstić information content (AvgIpc) is 3.13. The average molecular weight is 498 g/mol. The van der Waals surface area contributed by atoms with Crippen LogP contribution in [0.4, 0.5) is 4.79 Å². The summed E-state index contributed by atoms with van der Waals surface area (Å²) < 4.78 is 15.8. The highest BCUT2D eigenvalue weighted by molar-refractivity contribution is 6.07. The van der Waals surface area contributed by atoms with Gasteiger partial charge in [0, 0.05) is 20.1 Å². The SMILES string of the molecule is COCCN1C(=O)NC(Cc2cccc(OC)c2)(C2CCN(Cc3ccc(O)c(OC)c3)CC2)C1=O. The van der Waals surface area contributed by atoms with Gasteiger partial charge in [-0.15, -0.1) is 0 Å². The molecule has 2 saturated heterocycles. The lowest BCUT2D eigenvalue weighted by atomic mass is 9.74. The number of hydrogen-bond donors (Lipinski definition) is 2. The van der Waals surface area contributed by atoms with Crippen LogP contribution in [0, 0.1) is 5.92 Å². The molecule has 4 rings (SSSR count). The second kappa shape index (κ2) is 11.2. The van der Waals surface area contributed by atoms with Crippen LogP contribution in [-0.2, 0) is 22.5 Å². The number of carbonyl (C=O) groups excluding carboxylic acids is 2. The lowest BCUT2D eigenvalue weighted by Crippen LogP contribution is -2.57. The predicted molar refractivity (Wildman–Crippen MR) is 134 cm³/mol. The van der Waals surface area contributed by atoms with E-state index >= 15 is 0 Å². The van der Waals surface area contributed by atoms with Gasteiger partial charge in [0.2, 0.25) is 0 Å². The van der Waals surface area contributed by atoms with E-state index in [4.69, 9.17) is 14.2 Å². The molecule has 2 aliphatic heterocycles. The summed E-state index contributed by atoms with van der Waals surface area (Å²) in [6.07, 6.45) is 1.94. The van der Waals surface area contributed by atoms with Crippen molar-refractivity contribution in [3.8, 4) is 17.2 Å². The number of piperidine rings is 1. The van der Waals surface area contributed by atoms with Crippen LogP contribution in [0.1, 0.15) is 24.0 Å². The molecule has 36 heavy (non-hydrogen) atoms. The van der Waals surface area contributed by atoms with E-state index in [1.807, 2.05) is 36.4 Å². The van der Waals surface area contributed by atoms with Crippen molar-refractivity contribution in [2.24, 2.45) is 5.92 Å². The molecular weight excluding hydrogens is 462 g/mol. The molecule has 2 N–H and O–H groups in total. The number of aromatic hydroxyl groups is 1. The molecule has 2 heterocycles. The number of methoxy groups -OCH3 is 3. The molecule has 1 unspecified atom stereocenters. The number of imide groups is 1. The number of carbonyl (C=O) groups is 2. The summed E-state index contributed by atoms with van der Waals surface area (Å²) in [6, 6.07) is 12.7. The summed E-state index contributed by atoms with van der Waals surface area (Å²) in [6.45, 7) is 2.81. The van der Waals surface area contributed by atoms with E-state index in [0.717, 1.165) is 42.8 Å². The molecule has 0 aromatic heterocycles. The zero-order valence-corrected chi connectivity index (χ0v) is 21.2. The zero-order valence-electron chi connectivity index (χ0n) is 21.2. The van der Waals surface area contributed by atoms with E-state index in [-0.39, 0.29) is 30.2 Å². The van der Waals surface area contributed by atoms with Gasteiger partial charge in [-0.05, 0) is 67.2 Å². The van der Waals surface area contributed by atoms with Crippen molar-refractivity contribution in [1.29, 1.82) is 0 Å². The Hall–Kier alpha value is -3.30. The lowest BCUT2D eigenvalue weighted by Gasteiger charge is -2.41. The molecule has 0 aliphatic carbocycles. The first kappa shape index (κ1) is 25.8. The Labute approximate surface area is 211 Å². The number of likely N-dealkylation sites (tertiary alicyclic amines) is 1. The summed E-state index contributed by atoms with van der Waals surface area (Å²) in [5, 5.41) is 13.0. The molecule has 0 saturated carbocycles. The molecule has 2 aromatic carbocycles. The normalized spacial score (nSPS) is 21.0.